The Bertz CT molecular complexity index is 2080. The molecule has 3 aromatic heterocycles. The maximum absolute atomic E-state index is 6.65. The lowest BCUT2D eigenvalue weighted by molar-refractivity contribution is 0.448. The molecule has 4 heterocycles. The van der Waals surface area contributed by atoms with Crippen molar-refractivity contribution in [1.82, 2.24) is 9.88 Å². The van der Waals surface area contributed by atoms with E-state index in [4.69, 9.17) is 18.3 Å². The highest BCUT2D eigenvalue weighted by atomic mass is 16.5. The molecule has 8 rings (SSSR count). The predicted octanol–water partition coefficient (Wildman–Crippen LogP) is 8.65. The molecule has 0 saturated heterocycles. The van der Waals surface area contributed by atoms with Gasteiger partial charge in [-0.3, -0.25) is 0 Å². The Morgan fingerprint density at radius 3 is 2.05 bits per heavy atom. The first-order chi connectivity index (χ1) is 19.7. The van der Waals surface area contributed by atoms with Crippen LogP contribution in [0.25, 0.3) is 43.9 Å². The summed E-state index contributed by atoms with van der Waals surface area (Å²) in [5, 5.41) is 3.89. The molecular formula is C33H23N3O4. The van der Waals surface area contributed by atoms with Crippen LogP contribution in [0.1, 0.15) is 0 Å². The third kappa shape index (κ3) is 3.71. The largest absolute Gasteiger partial charge is 0.454 e. The molecule has 0 fully saturated rings. The molecule has 4 aromatic carbocycles. The first-order valence-corrected chi connectivity index (χ1v) is 13.0. The van der Waals surface area contributed by atoms with E-state index in [1.807, 2.05) is 104 Å². The van der Waals surface area contributed by atoms with Crippen molar-refractivity contribution >= 4 is 49.6 Å². The fourth-order valence-corrected chi connectivity index (χ4v) is 5.30. The molecule has 0 aliphatic carbocycles. The molecule has 0 saturated carbocycles. The maximum atomic E-state index is 6.65. The van der Waals surface area contributed by atoms with Crippen LogP contribution in [-0.2, 0) is 0 Å². The van der Waals surface area contributed by atoms with Crippen molar-refractivity contribution in [3.05, 3.63) is 110 Å². The van der Waals surface area contributed by atoms with Gasteiger partial charge < -0.3 is 28.1 Å². The fourth-order valence-electron chi connectivity index (χ4n) is 5.30. The molecule has 0 amide bonds. The SMILES string of the molecule is CN1C=CN(c2cc(Oc3cc(Oc4ccccn4)cc4c3oc3ccccc34)cc3c2oc2ccccc23)C1. The van der Waals surface area contributed by atoms with Crippen molar-refractivity contribution < 1.29 is 18.3 Å². The van der Waals surface area contributed by atoms with Gasteiger partial charge in [0.1, 0.15) is 22.7 Å². The number of aromatic nitrogens is 1. The Labute approximate surface area is 229 Å². The molecule has 0 unspecified atom stereocenters. The molecule has 1 aliphatic heterocycles. The smallest absolute Gasteiger partial charge is 0.219 e. The third-order valence-corrected chi connectivity index (χ3v) is 7.12. The minimum absolute atomic E-state index is 0.499. The van der Waals surface area contributed by atoms with E-state index in [1.54, 1.807) is 6.20 Å². The number of nitrogens with zero attached hydrogens (tertiary/aromatic N) is 3. The highest BCUT2D eigenvalue weighted by Crippen LogP contribution is 2.44. The zero-order valence-corrected chi connectivity index (χ0v) is 21.6. The minimum Gasteiger partial charge on any atom is -0.454 e. The molecule has 0 spiro atoms. The maximum Gasteiger partial charge on any atom is 0.219 e. The molecule has 40 heavy (non-hydrogen) atoms. The van der Waals surface area contributed by atoms with Crippen molar-refractivity contribution in [2.45, 2.75) is 0 Å². The van der Waals surface area contributed by atoms with E-state index in [1.165, 1.54) is 0 Å². The topological polar surface area (TPSA) is 64.1 Å². The van der Waals surface area contributed by atoms with Crippen LogP contribution in [0.2, 0.25) is 0 Å². The fraction of sp³-hybridized carbons (Fsp3) is 0.0606. The summed E-state index contributed by atoms with van der Waals surface area (Å²) in [5.74, 6) is 2.31. The molecule has 1 aliphatic rings. The summed E-state index contributed by atoms with van der Waals surface area (Å²) in [4.78, 5) is 8.58. The number of pyridine rings is 1. The van der Waals surface area contributed by atoms with Gasteiger partial charge in [-0.2, -0.15) is 0 Å². The van der Waals surface area contributed by atoms with Crippen LogP contribution in [0.3, 0.4) is 0 Å². The highest BCUT2D eigenvalue weighted by Gasteiger charge is 2.22. The van der Waals surface area contributed by atoms with Gasteiger partial charge in [0, 0.05) is 65.4 Å². The number of rotatable bonds is 5. The summed E-state index contributed by atoms with van der Waals surface area (Å²) in [7, 11) is 2.04. The molecule has 0 radical (unpaired) electrons. The summed E-state index contributed by atoms with van der Waals surface area (Å²) in [6.45, 7) is 0.705. The lowest BCUT2D eigenvalue weighted by Gasteiger charge is -2.19. The average molecular weight is 526 g/mol. The number of para-hydroxylation sites is 2. The minimum atomic E-state index is 0.499. The molecule has 7 heteroatoms. The van der Waals surface area contributed by atoms with E-state index in [0.29, 0.717) is 35.4 Å². The lowest BCUT2D eigenvalue weighted by atomic mass is 10.1. The van der Waals surface area contributed by atoms with Gasteiger partial charge in [0.05, 0.1) is 12.4 Å². The zero-order valence-electron chi connectivity index (χ0n) is 21.6. The quantitative estimate of drug-likeness (QED) is 0.223. The van der Waals surface area contributed by atoms with E-state index >= 15 is 0 Å². The van der Waals surface area contributed by atoms with Gasteiger partial charge in [0.2, 0.25) is 5.88 Å². The van der Waals surface area contributed by atoms with Crippen LogP contribution < -0.4 is 14.4 Å². The molecule has 7 nitrogen and oxygen atoms in total. The van der Waals surface area contributed by atoms with Gasteiger partial charge in [-0.25, -0.2) is 4.98 Å². The third-order valence-electron chi connectivity index (χ3n) is 7.12. The van der Waals surface area contributed by atoms with Crippen LogP contribution in [0.15, 0.2) is 118 Å². The first-order valence-electron chi connectivity index (χ1n) is 13.0. The van der Waals surface area contributed by atoms with Crippen LogP contribution in [0.4, 0.5) is 5.69 Å². The van der Waals surface area contributed by atoms with Gasteiger partial charge in [0.25, 0.3) is 0 Å². The summed E-state index contributed by atoms with van der Waals surface area (Å²) in [5.41, 5.74) is 3.99. The normalized spacial score (nSPS) is 13.3. The van der Waals surface area contributed by atoms with Gasteiger partial charge in [-0.1, -0.05) is 42.5 Å². The number of anilines is 1. The number of fused-ring (bicyclic) bond motifs is 6. The Balaban J connectivity index is 1.31. The summed E-state index contributed by atoms with van der Waals surface area (Å²) < 4.78 is 25.4. The van der Waals surface area contributed by atoms with E-state index in [2.05, 4.69) is 20.9 Å². The number of furan rings is 2. The van der Waals surface area contributed by atoms with Crippen molar-refractivity contribution in [2.24, 2.45) is 0 Å². The van der Waals surface area contributed by atoms with Gasteiger partial charge in [-0.15, -0.1) is 0 Å². The summed E-state index contributed by atoms with van der Waals surface area (Å²) in [6.07, 6.45) is 5.79. The van der Waals surface area contributed by atoms with Crippen molar-refractivity contribution in [1.29, 1.82) is 0 Å². The van der Waals surface area contributed by atoms with Gasteiger partial charge in [-0.05, 0) is 30.3 Å². The summed E-state index contributed by atoms with van der Waals surface area (Å²) in [6, 6.07) is 29.4. The highest BCUT2D eigenvalue weighted by molar-refractivity contribution is 6.10. The molecule has 0 N–H and O–H groups in total. The number of ether oxygens (including phenoxy) is 2. The molecular weight excluding hydrogens is 502 g/mol. The second-order valence-electron chi connectivity index (χ2n) is 9.85. The lowest BCUT2D eigenvalue weighted by Crippen LogP contribution is -2.21. The molecule has 0 bridgehead atoms. The molecule has 0 atom stereocenters. The Morgan fingerprint density at radius 2 is 1.35 bits per heavy atom. The molecule has 7 aromatic rings. The zero-order chi connectivity index (χ0) is 26.6. The monoisotopic (exact) mass is 525 g/mol. The van der Waals surface area contributed by atoms with E-state index in [0.717, 1.165) is 44.0 Å². The molecule has 194 valence electrons. The van der Waals surface area contributed by atoms with Crippen molar-refractivity contribution in [3.8, 4) is 23.1 Å². The van der Waals surface area contributed by atoms with E-state index < -0.39 is 0 Å². The summed E-state index contributed by atoms with van der Waals surface area (Å²) >= 11 is 0. The van der Waals surface area contributed by atoms with Crippen LogP contribution >= 0.6 is 0 Å². The van der Waals surface area contributed by atoms with Crippen LogP contribution in [-0.4, -0.2) is 23.6 Å². The van der Waals surface area contributed by atoms with Crippen LogP contribution in [0, 0.1) is 0 Å². The van der Waals surface area contributed by atoms with Gasteiger partial charge >= 0.3 is 0 Å². The predicted molar refractivity (Wildman–Crippen MR) is 156 cm³/mol. The Morgan fingerprint density at radius 1 is 0.675 bits per heavy atom. The Kier molecular flexibility index (Phi) is 4.97. The number of hydrogen-bond acceptors (Lipinski definition) is 7. The second-order valence-corrected chi connectivity index (χ2v) is 9.85. The van der Waals surface area contributed by atoms with Crippen molar-refractivity contribution in [3.63, 3.8) is 0 Å². The van der Waals surface area contributed by atoms with E-state index in [-0.39, 0.29) is 0 Å². The van der Waals surface area contributed by atoms with Gasteiger partial charge in [0.15, 0.2) is 16.9 Å². The average Bonchev–Trinajstić information content (AvgIpc) is 3.69. The van der Waals surface area contributed by atoms with Crippen molar-refractivity contribution in [2.75, 3.05) is 18.6 Å². The Hall–Kier alpha value is -5.43. The number of hydrogen-bond donors (Lipinski definition) is 0. The number of benzene rings is 4. The standard InChI is InChI=1S/C33H23N3O4/c1-35-14-15-36(20-35)27-18-21(16-25-23-8-2-4-10-28(23)39-32(25)27)37-30-19-22(38-31-12-6-7-13-34-31)17-26-24-9-3-5-11-29(24)40-33(26)30/h2-19H,20H2,1H3. The van der Waals surface area contributed by atoms with Crippen LogP contribution in [0.5, 0.6) is 23.1 Å². The first kappa shape index (κ1) is 22.5. The second kappa shape index (κ2) is 8.81. The van der Waals surface area contributed by atoms with E-state index in [9.17, 15) is 0 Å².